The Morgan fingerprint density at radius 3 is 2.31 bits per heavy atom. The molecule has 0 aromatic heterocycles. The average molecular weight is 225 g/mol. The summed E-state index contributed by atoms with van der Waals surface area (Å²) in [4.78, 5) is 0. The third-order valence-electron chi connectivity index (χ3n) is 3.59. The maximum atomic E-state index is 6.04. The van der Waals surface area contributed by atoms with Gasteiger partial charge in [-0.2, -0.15) is 0 Å². The Labute approximate surface area is 102 Å². The molecule has 0 bridgehead atoms. The molecule has 1 atom stereocenters. The van der Waals surface area contributed by atoms with Crippen LogP contribution < -0.4 is 5.73 Å². The van der Waals surface area contributed by atoms with Gasteiger partial charge < -0.3 is 5.73 Å². The average Bonchev–Trinajstić information content (AvgIpc) is 2.21. The minimum atomic E-state index is -0.148. The zero-order chi connectivity index (χ0) is 12.6. The summed E-state index contributed by atoms with van der Waals surface area (Å²) in [5.74, 6) is 0.907. The molecule has 0 heterocycles. The van der Waals surface area contributed by atoms with Crippen LogP contribution in [0.5, 0.6) is 0 Å². The molecule has 0 amide bonds. The van der Waals surface area contributed by atoms with Gasteiger partial charge in [0.25, 0.3) is 0 Å². The van der Waals surface area contributed by atoms with Crippen LogP contribution in [0.2, 0.25) is 0 Å². The van der Waals surface area contributed by atoms with Crippen LogP contribution in [0.3, 0.4) is 0 Å². The first-order chi connectivity index (χ1) is 7.41. The molecule has 16 heavy (non-hydrogen) atoms. The first-order valence-corrected chi connectivity index (χ1v) is 6.87. The van der Waals surface area contributed by atoms with E-state index in [-0.39, 0.29) is 5.54 Å². The smallest absolute Gasteiger partial charge is 0.0308 e. The quantitative estimate of drug-likeness (QED) is 0.597. The molecule has 0 aliphatic rings. The van der Waals surface area contributed by atoms with Gasteiger partial charge in [0.15, 0.2) is 0 Å². The first kappa shape index (κ1) is 15.7. The molecule has 0 spiro atoms. The Morgan fingerprint density at radius 2 is 1.88 bits per heavy atom. The fourth-order valence-electron chi connectivity index (χ4n) is 1.84. The van der Waals surface area contributed by atoms with E-state index in [1.165, 1.54) is 44.1 Å². The van der Waals surface area contributed by atoms with Crippen molar-refractivity contribution in [1.29, 1.82) is 0 Å². The van der Waals surface area contributed by atoms with E-state index in [1.807, 2.05) is 0 Å². The molecule has 96 valence electrons. The molecule has 0 aliphatic carbocycles. The van der Waals surface area contributed by atoms with Gasteiger partial charge in [-0.25, -0.2) is 0 Å². The lowest BCUT2D eigenvalue weighted by molar-refractivity contribution is 0.423. The van der Waals surface area contributed by atoms with Crippen LogP contribution in [0, 0.1) is 5.92 Å². The molecule has 0 aromatic rings. The van der Waals surface area contributed by atoms with E-state index in [0.717, 1.165) is 5.92 Å². The van der Waals surface area contributed by atoms with Crippen molar-refractivity contribution in [3.63, 3.8) is 0 Å². The van der Waals surface area contributed by atoms with Crippen LogP contribution in [-0.2, 0) is 0 Å². The van der Waals surface area contributed by atoms with Gasteiger partial charge in [-0.05, 0) is 39.5 Å². The summed E-state index contributed by atoms with van der Waals surface area (Å²) >= 11 is 0. The predicted octanol–water partition coefficient (Wildman–Crippen LogP) is 4.67. The second-order valence-corrected chi connectivity index (χ2v) is 5.60. The minimum Gasteiger partial charge on any atom is -0.322 e. The molecule has 2 N–H and O–H groups in total. The van der Waals surface area contributed by atoms with E-state index in [2.05, 4.69) is 40.7 Å². The van der Waals surface area contributed by atoms with Crippen molar-refractivity contribution < 1.29 is 0 Å². The summed E-state index contributed by atoms with van der Waals surface area (Å²) < 4.78 is 0. The fraction of sp³-hybridized carbons (Fsp3) is 0.867. The Kier molecular flexibility index (Phi) is 7.74. The lowest BCUT2D eigenvalue weighted by Crippen LogP contribution is -2.33. The standard InChI is InChI=1S/C15H31N/c1-6-8-11-14(7-2)12-9-10-13(3)15(4,5)16/h10,14H,6-9,11-12,16H2,1-5H3/b13-10+/t14-/m1/s1. The van der Waals surface area contributed by atoms with E-state index >= 15 is 0 Å². The molecular weight excluding hydrogens is 194 g/mol. The van der Waals surface area contributed by atoms with Crippen LogP contribution in [0.1, 0.15) is 73.1 Å². The van der Waals surface area contributed by atoms with Crippen LogP contribution in [-0.4, -0.2) is 5.54 Å². The van der Waals surface area contributed by atoms with Gasteiger partial charge in [-0.3, -0.25) is 0 Å². The first-order valence-electron chi connectivity index (χ1n) is 6.87. The van der Waals surface area contributed by atoms with Crippen molar-refractivity contribution in [1.82, 2.24) is 0 Å². The van der Waals surface area contributed by atoms with Gasteiger partial charge in [0.05, 0.1) is 0 Å². The van der Waals surface area contributed by atoms with Crippen LogP contribution >= 0.6 is 0 Å². The van der Waals surface area contributed by atoms with Gasteiger partial charge in [-0.1, -0.05) is 51.2 Å². The Bertz CT molecular complexity index is 198. The highest BCUT2D eigenvalue weighted by molar-refractivity contribution is 5.12. The molecule has 0 aromatic carbocycles. The number of unbranched alkanes of at least 4 members (excludes halogenated alkanes) is 1. The van der Waals surface area contributed by atoms with E-state index in [9.17, 15) is 0 Å². The van der Waals surface area contributed by atoms with Crippen molar-refractivity contribution in [2.75, 3.05) is 0 Å². The van der Waals surface area contributed by atoms with E-state index < -0.39 is 0 Å². The number of nitrogens with two attached hydrogens (primary N) is 1. The highest BCUT2D eigenvalue weighted by atomic mass is 14.7. The summed E-state index contributed by atoms with van der Waals surface area (Å²) in [6.07, 6.45) is 10.3. The molecule has 0 saturated heterocycles. The number of rotatable bonds is 8. The fourth-order valence-corrected chi connectivity index (χ4v) is 1.84. The van der Waals surface area contributed by atoms with Crippen molar-refractivity contribution in [2.45, 2.75) is 78.7 Å². The SMILES string of the molecule is CCCC[C@@H](CC)CC/C=C(\C)C(C)(C)N. The molecule has 1 nitrogen and oxygen atoms in total. The number of hydrogen-bond acceptors (Lipinski definition) is 1. The van der Waals surface area contributed by atoms with Crippen molar-refractivity contribution in [3.8, 4) is 0 Å². The highest BCUT2D eigenvalue weighted by Crippen LogP contribution is 2.20. The Hall–Kier alpha value is -0.300. The van der Waals surface area contributed by atoms with E-state index in [0.29, 0.717) is 0 Å². The van der Waals surface area contributed by atoms with Crippen molar-refractivity contribution >= 4 is 0 Å². The molecule has 1 heteroatoms. The molecular formula is C15H31N. The van der Waals surface area contributed by atoms with Crippen molar-refractivity contribution in [2.24, 2.45) is 11.7 Å². The Morgan fingerprint density at radius 1 is 1.25 bits per heavy atom. The van der Waals surface area contributed by atoms with Gasteiger partial charge in [-0.15, -0.1) is 0 Å². The molecule has 0 unspecified atom stereocenters. The monoisotopic (exact) mass is 225 g/mol. The normalized spacial score (nSPS) is 15.2. The van der Waals surface area contributed by atoms with Crippen LogP contribution in [0.25, 0.3) is 0 Å². The van der Waals surface area contributed by atoms with Crippen LogP contribution in [0.15, 0.2) is 11.6 Å². The lowest BCUT2D eigenvalue weighted by atomic mass is 9.91. The van der Waals surface area contributed by atoms with Gasteiger partial charge in [0.1, 0.15) is 0 Å². The number of hydrogen-bond donors (Lipinski definition) is 1. The third kappa shape index (κ3) is 7.05. The second kappa shape index (κ2) is 7.89. The maximum Gasteiger partial charge on any atom is 0.0308 e. The molecule has 0 fully saturated rings. The Balaban J connectivity index is 3.94. The van der Waals surface area contributed by atoms with Gasteiger partial charge >= 0.3 is 0 Å². The second-order valence-electron chi connectivity index (χ2n) is 5.60. The summed E-state index contributed by atoms with van der Waals surface area (Å²) in [5.41, 5.74) is 7.21. The number of allylic oxidation sites excluding steroid dienone is 1. The summed E-state index contributed by atoms with van der Waals surface area (Å²) in [6.45, 7) is 10.9. The lowest BCUT2D eigenvalue weighted by Gasteiger charge is -2.20. The molecule has 0 aliphatic heterocycles. The van der Waals surface area contributed by atoms with E-state index in [4.69, 9.17) is 5.73 Å². The highest BCUT2D eigenvalue weighted by Gasteiger charge is 2.12. The zero-order valence-corrected chi connectivity index (χ0v) is 12.0. The van der Waals surface area contributed by atoms with E-state index in [1.54, 1.807) is 0 Å². The summed E-state index contributed by atoms with van der Waals surface area (Å²) in [7, 11) is 0. The summed E-state index contributed by atoms with van der Waals surface area (Å²) in [5, 5.41) is 0. The van der Waals surface area contributed by atoms with Gasteiger partial charge in [0.2, 0.25) is 0 Å². The molecule has 0 saturated carbocycles. The van der Waals surface area contributed by atoms with Crippen LogP contribution in [0.4, 0.5) is 0 Å². The third-order valence-corrected chi connectivity index (χ3v) is 3.59. The molecule has 0 rings (SSSR count). The predicted molar refractivity (Wildman–Crippen MR) is 74.6 cm³/mol. The van der Waals surface area contributed by atoms with Crippen molar-refractivity contribution in [3.05, 3.63) is 11.6 Å². The maximum absolute atomic E-state index is 6.04. The minimum absolute atomic E-state index is 0.148. The largest absolute Gasteiger partial charge is 0.322 e. The molecule has 0 radical (unpaired) electrons. The summed E-state index contributed by atoms with van der Waals surface area (Å²) in [6, 6.07) is 0. The van der Waals surface area contributed by atoms with Gasteiger partial charge in [0, 0.05) is 5.54 Å². The zero-order valence-electron chi connectivity index (χ0n) is 12.0. The topological polar surface area (TPSA) is 26.0 Å².